The number of hydrogen-bond acceptors (Lipinski definition) is 5. The van der Waals surface area contributed by atoms with Crippen molar-refractivity contribution < 1.29 is 14.6 Å². The Morgan fingerprint density at radius 3 is 2.94 bits per heavy atom. The van der Waals surface area contributed by atoms with Crippen LogP contribution < -0.4 is 5.32 Å². The van der Waals surface area contributed by atoms with Crippen LogP contribution in [0, 0.1) is 5.92 Å². The predicted molar refractivity (Wildman–Crippen MR) is 65.7 cm³/mol. The van der Waals surface area contributed by atoms with Crippen LogP contribution in [0.15, 0.2) is 0 Å². The van der Waals surface area contributed by atoms with Crippen molar-refractivity contribution in [3.05, 3.63) is 0 Å². The van der Waals surface area contributed by atoms with Gasteiger partial charge in [0, 0.05) is 25.7 Å². The lowest BCUT2D eigenvalue weighted by Gasteiger charge is -2.36. The molecule has 2 unspecified atom stereocenters. The molecule has 0 spiro atoms. The summed E-state index contributed by atoms with van der Waals surface area (Å²) in [6, 6.07) is 0.361. The van der Waals surface area contributed by atoms with Gasteiger partial charge < -0.3 is 15.2 Å². The van der Waals surface area contributed by atoms with Gasteiger partial charge in [0.25, 0.3) is 0 Å². The maximum absolute atomic E-state index is 11.4. The van der Waals surface area contributed by atoms with E-state index in [4.69, 9.17) is 9.84 Å². The summed E-state index contributed by atoms with van der Waals surface area (Å²) in [5.41, 5.74) is 0. The van der Waals surface area contributed by atoms with Crippen LogP contribution in [0.4, 0.5) is 0 Å². The maximum Gasteiger partial charge on any atom is 0.320 e. The third-order valence-electron chi connectivity index (χ3n) is 2.94. The summed E-state index contributed by atoms with van der Waals surface area (Å²) < 4.78 is 4.96. The summed E-state index contributed by atoms with van der Waals surface area (Å²) in [7, 11) is 0. The van der Waals surface area contributed by atoms with Gasteiger partial charge in [0.15, 0.2) is 0 Å². The van der Waals surface area contributed by atoms with Crippen LogP contribution in [-0.4, -0.2) is 61.4 Å². The third kappa shape index (κ3) is 5.48. The van der Waals surface area contributed by atoms with Crippen LogP contribution >= 0.6 is 0 Å². The Hall–Kier alpha value is -0.650. The summed E-state index contributed by atoms with van der Waals surface area (Å²) in [4.78, 5) is 13.5. The van der Waals surface area contributed by atoms with Crippen LogP contribution in [0.1, 0.15) is 20.3 Å². The Morgan fingerprint density at radius 2 is 2.29 bits per heavy atom. The van der Waals surface area contributed by atoms with E-state index in [9.17, 15) is 4.79 Å². The van der Waals surface area contributed by atoms with E-state index in [2.05, 4.69) is 17.1 Å². The minimum absolute atomic E-state index is 0.150. The Morgan fingerprint density at radius 1 is 1.53 bits per heavy atom. The van der Waals surface area contributed by atoms with Crippen molar-refractivity contribution >= 4 is 5.97 Å². The molecule has 0 aromatic rings. The fourth-order valence-corrected chi connectivity index (χ4v) is 2.40. The minimum Gasteiger partial charge on any atom is -0.465 e. The number of hydrogen-bond donors (Lipinski definition) is 2. The molecule has 1 aliphatic rings. The number of aliphatic hydroxyl groups is 1. The van der Waals surface area contributed by atoms with Gasteiger partial charge in [-0.3, -0.25) is 9.69 Å². The summed E-state index contributed by atoms with van der Waals surface area (Å²) in [5.74, 6) is 0.414. The first-order chi connectivity index (χ1) is 8.15. The molecule has 1 saturated heterocycles. The van der Waals surface area contributed by atoms with E-state index in [0.29, 0.717) is 31.7 Å². The highest BCUT2D eigenvalue weighted by Gasteiger charge is 2.25. The molecule has 17 heavy (non-hydrogen) atoms. The summed E-state index contributed by atoms with van der Waals surface area (Å²) in [5, 5.41) is 12.1. The zero-order chi connectivity index (χ0) is 12.7. The molecule has 1 fully saturated rings. The predicted octanol–water partition coefficient (Wildman–Crippen LogP) is -0.158. The lowest BCUT2D eigenvalue weighted by Crippen LogP contribution is -2.50. The van der Waals surface area contributed by atoms with Crippen LogP contribution in [0.25, 0.3) is 0 Å². The van der Waals surface area contributed by atoms with E-state index in [1.165, 1.54) is 0 Å². The van der Waals surface area contributed by atoms with Gasteiger partial charge in [0.1, 0.15) is 0 Å². The number of ether oxygens (including phenoxy) is 1. The summed E-state index contributed by atoms with van der Waals surface area (Å²) >= 11 is 0. The molecule has 1 heterocycles. The maximum atomic E-state index is 11.4. The van der Waals surface area contributed by atoms with Crippen LogP contribution in [-0.2, 0) is 9.53 Å². The molecule has 5 nitrogen and oxygen atoms in total. The number of carbonyl (C=O) groups is 1. The number of nitrogens with one attached hydrogen (secondary N) is 1. The number of nitrogens with zero attached hydrogens (tertiary/aromatic N) is 1. The second-order valence-electron chi connectivity index (χ2n) is 4.71. The number of carbonyl (C=O) groups excluding carboxylic acids is 1. The van der Waals surface area contributed by atoms with Gasteiger partial charge in [-0.1, -0.05) is 6.92 Å². The Labute approximate surface area is 103 Å². The van der Waals surface area contributed by atoms with Gasteiger partial charge in [-0.05, 0) is 19.3 Å². The lowest BCUT2D eigenvalue weighted by molar-refractivity contribution is -0.144. The van der Waals surface area contributed by atoms with Gasteiger partial charge in [-0.15, -0.1) is 0 Å². The molecule has 0 aliphatic carbocycles. The molecule has 0 bridgehead atoms. The second kappa shape index (κ2) is 7.63. The summed E-state index contributed by atoms with van der Waals surface area (Å²) in [6.07, 6.45) is 1.10. The van der Waals surface area contributed by atoms with E-state index in [0.717, 1.165) is 19.5 Å². The molecule has 0 amide bonds. The number of piperidine rings is 1. The van der Waals surface area contributed by atoms with Crippen molar-refractivity contribution in [2.75, 3.05) is 39.4 Å². The van der Waals surface area contributed by atoms with E-state index < -0.39 is 0 Å². The topological polar surface area (TPSA) is 61.8 Å². The molecule has 0 radical (unpaired) electrons. The largest absolute Gasteiger partial charge is 0.465 e. The first-order valence-corrected chi connectivity index (χ1v) is 6.38. The Kier molecular flexibility index (Phi) is 6.47. The zero-order valence-corrected chi connectivity index (χ0v) is 10.8. The molecular formula is C12H24N2O3. The number of likely N-dealkylation sites (tertiary alicyclic amines) is 1. The van der Waals surface area contributed by atoms with Gasteiger partial charge in [-0.25, -0.2) is 0 Å². The molecule has 0 aromatic carbocycles. The molecule has 5 heteroatoms. The van der Waals surface area contributed by atoms with Gasteiger partial charge in [-0.2, -0.15) is 0 Å². The fraction of sp³-hybridized carbons (Fsp3) is 0.917. The monoisotopic (exact) mass is 244 g/mol. The van der Waals surface area contributed by atoms with Crippen molar-refractivity contribution in [2.45, 2.75) is 26.3 Å². The molecule has 0 saturated carbocycles. The molecule has 0 aromatic heterocycles. The van der Waals surface area contributed by atoms with Crippen molar-refractivity contribution in [2.24, 2.45) is 5.92 Å². The van der Waals surface area contributed by atoms with Crippen LogP contribution in [0.5, 0.6) is 0 Å². The average Bonchev–Trinajstić information content (AvgIpc) is 2.25. The van der Waals surface area contributed by atoms with E-state index in [1.807, 2.05) is 6.92 Å². The van der Waals surface area contributed by atoms with Crippen molar-refractivity contribution in [1.82, 2.24) is 10.2 Å². The smallest absolute Gasteiger partial charge is 0.320 e. The highest BCUT2D eigenvalue weighted by molar-refractivity contribution is 5.71. The fourth-order valence-electron chi connectivity index (χ4n) is 2.40. The minimum atomic E-state index is -0.150. The summed E-state index contributed by atoms with van der Waals surface area (Å²) in [6.45, 7) is 7.38. The van der Waals surface area contributed by atoms with Gasteiger partial charge in [0.2, 0.25) is 0 Å². The van der Waals surface area contributed by atoms with Gasteiger partial charge in [0.05, 0.1) is 19.8 Å². The van der Waals surface area contributed by atoms with Crippen LogP contribution in [0.2, 0.25) is 0 Å². The van der Waals surface area contributed by atoms with E-state index >= 15 is 0 Å². The highest BCUT2D eigenvalue weighted by atomic mass is 16.5. The lowest BCUT2D eigenvalue weighted by atomic mass is 9.96. The molecule has 2 atom stereocenters. The normalized spacial score (nSPS) is 25.8. The molecule has 100 valence electrons. The SMILES string of the molecule is CCOC(=O)CN1CC(C)CC(NCCO)C1. The van der Waals surface area contributed by atoms with Crippen molar-refractivity contribution in [1.29, 1.82) is 0 Å². The van der Waals surface area contributed by atoms with Gasteiger partial charge >= 0.3 is 5.97 Å². The first-order valence-electron chi connectivity index (χ1n) is 6.38. The van der Waals surface area contributed by atoms with Crippen LogP contribution in [0.3, 0.4) is 0 Å². The van der Waals surface area contributed by atoms with Crippen molar-refractivity contribution in [3.63, 3.8) is 0 Å². The molecular weight excluding hydrogens is 220 g/mol. The van der Waals surface area contributed by atoms with Crippen molar-refractivity contribution in [3.8, 4) is 0 Å². The number of rotatable bonds is 6. The van der Waals surface area contributed by atoms with E-state index in [-0.39, 0.29) is 12.6 Å². The number of aliphatic hydroxyl groups excluding tert-OH is 1. The second-order valence-corrected chi connectivity index (χ2v) is 4.71. The standard InChI is InChI=1S/C12H24N2O3/c1-3-17-12(16)9-14-7-10(2)6-11(8-14)13-4-5-15/h10-11,13,15H,3-9H2,1-2H3. The first kappa shape index (κ1) is 14.4. The third-order valence-corrected chi connectivity index (χ3v) is 2.94. The average molecular weight is 244 g/mol. The number of esters is 1. The molecule has 2 N–H and O–H groups in total. The quantitative estimate of drug-likeness (QED) is 0.636. The highest BCUT2D eigenvalue weighted by Crippen LogP contribution is 2.16. The van der Waals surface area contributed by atoms with E-state index in [1.54, 1.807) is 0 Å². The zero-order valence-electron chi connectivity index (χ0n) is 10.8. The Bertz CT molecular complexity index is 236. The Balaban J connectivity index is 2.36. The molecule has 1 aliphatic heterocycles. The molecule has 1 rings (SSSR count).